The average molecular weight is 307 g/mol. The van der Waals surface area contributed by atoms with Gasteiger partial charge in [0, 0.05) is 5.56 Å². The Bertz CT molecular complexity index is 567. The maximum absolute atomic E-state index is 5.97. The first kappa shape index (κ1) is 15.5. The van der Waals surface area contributed by atoms with Crippen molar-refractivity contribution in [3.8, 4) is 17.2 Å². The highest BCUT2D eigenvalue weighted by Gasteiger charge is 2.10. The van der Waals surface area contributed by atoms with Gasteiger partial charge < -0.3 is 14.2 Å². The molecular weight excluding hydrogens is 288 g/mol. The molecule has 0 unspecified atom stereocenters. The van der Waals surface area contributed by atoms with E-state index in [1.165, 1.54) is 0 Å². The highest BCUT2D eigenvalue weighted by Crippen LogP contribution is 2.33. The van der Waals surface area contributed by atoms with Crippen molar-refractivity contribution in [3.05, 3.63) is 53.6 Å². The van der Waals surface area contributed by atoms with Gasteiger partial charge in [-0.2, -0.15) is 0 Å². The summed E-state index contributed by atoms with van der Waals surface area (Å²) in [6.45, 7) is 2.99. The predicted octanol–water partition coefficient (Wildman–Crippen LogP) is 4.41. The molecular formula is C17H19ClO3. The first-order valence-electron chi connectivity index (χ1n) is 6.84. The predicted molar refractivity (Wildman–Crippen MR) is 84.5 cm³/mol. The molecule has 0 fully saturated rings. The van der Waals surface area contributed by atoms with E-state index in [9.17, 15) is 0 Å². The van der Waals surface area contributed by atoms with E-state index in [1.807, 2.05) is 49.4 Å². The van der Waals surface area contributed by atoms with Crippen LogP contribution >= 0.6 is 11.6 Å². The molecule has 0 spiro atoms. The zero-order valence-electron chi connectivity index (χ0n) is 12.3. The van der Waals surface area contributed by atoms with Crippen LogP contribution in [0.4, 0.5) is 0 Å². The Morgan fingerprint density at radius 3 is 2.38 bits per heavy atom. The molecule has 0 N–H and O–H groups in total. The lowest BCUT2D eigenvalue weighted by molar-refractivity contribution is 0.267. The second-order valence-corrected chi connectivity index (χ2v) is 4.72. The van der Waals surface area contributed by atoms with Gasteiger partial charge in [0.15, 0.2) is 11.5 Å². The number of benzene rings is 2. The van der Waals surface area contributed by atoms with E-state index in [1.54, 1.807) is 7.11 Å². The second kappa shape index (κ2) is 7.79. The van der Waals surface area contributed by atoms with E-state index in [0.717, 1.165) is 22.6 Å². The van der Waals surface area contributed by atoms with Crippen LogP contribution in [0.1, 0.15) is 18.1 Å². The van der Waals surface area contributed by atoms with E-state index in [2.05, 4.69) is 0 Å². The molecule has 0 aliphatic heterocycles. The summed E-state index contributed by atoms with van der Waals surface area (Å²) >= 11 is 5.97. The number of hydrogen-bond donors (Lipinski definition) is 0. The minimum atomic E-state index is 0.388. The minimum absolute atomic E-state index is 0.388. The van der Waals surface area contributed by atoms with Crippen LogP contribution < -0.4 is 14.2 Å². The summed E-state index contributed by atoms with van der Waals surface area (Å²) in [6.07, 6.45) is 0. The van der Waals surface area contributed by atoms with Crippen LogP contribution in [-0.4, -0.2) is 13.7 Å². The van der Waals surface area contributed by atoms with E-state index in [-0.39, 0.29) is 0 Å². The quantitative estimate of drug-likeness (QED) is 0.709. The molecule has 0 amide bonds. The van der Waals surface area contributed by atoms with Gasteiger partial charge in [-0.15, -0.1) is 11.6 Å². The summed E-state index contributed by atoms with van der Waals surface area (Å²) in [7, 11) is 1.65. The van der Waals surface area contributed by atoms with Crippen LogP contribution in [0.15, 0.2) is 42.5 Å². The molecule has 0 aliphatic rings. The fraction of sp³-hybridized carbons (Fsp3) is 0.294. The van der Waals surface area contributed by atoms with Gasteiger partial charge in [0.05, 0.1) is 19.6 Å². The van der Waals surface area contributed by atoms with Crippen molar-refractivity contribution in [1.82, 2.24) is 0 Å². The normalized spacial score (nSPS) is 10.2. The Hall–Kier alpha value is -1.87. The summed E-state index contributed by atoms with van der Waals surface area (Å²) in [5.74, 6) is 2.66. The third kappa shape index (κ3) is 4.05. The molecule has 0 bridgehead atoms. The van der Waals surface area contributed by atoms with Crippen molar-refractivity contribution in [2.24, 2.45) is 0 Å². The number of para-hydroxylation sites is 1. The molecule has 2 aromatic rings. The van der Waals surface area contributed by atoms with Crippen molar-refractivity contribution in [3.63, 3.8) is 0 Å². The van der Waals surface area contributed by atoms with Crippen LogP contribution in [-0.2, 0) is 12.5 Å². The van der Waals surface area contributed by atoms with E-state index < -0.39 is 0 Å². The van der Waals surface area contributed by atoms with Crippen molar-refractivity contribution < 1.29 is 14.2 Å². The minimum Gasteiger partial charge on any atom is -0.497 e. The van der Waals surface area contributed by atoms with Crippen LogP contribution in [0.2, 0.25) is 0 Å². The third-order valence-electron chi connectivity index (χ3n) is 3.05. The number of methoxy groups -OCH3 is 1. The molecule has 0 aromatic heterocycles. The molecule has 21 heavy (non-hydrogen) atoms. The van der Waals surface area contributed by atoms with Gasteiger partial charge in [0.1, 0.15) is 12.4 Å². The Kier molecular flexibility index (Phi) is 5.76. The molecule has 0 radical (unpaired) electrons. The van der Waals surface area contributed by atoms with Crippen molar-refractivity contribution >= 4 is 11.6 Å². The van der Waals surface area contributed by atoms with Gasteiger partial charge in [0.2, 0.25) is 0 Å². The Labute approximate surface area is 130 Å². The first-order valence-corrected chi connectivity index (χ1v) is 7.38. The molecule has 0 aliphatic carbocycles. The lowest BCUT2D eigenvalue weighted by Crippen LogP contribution is -2.02. The lowest BCUT2D eigenvalue weighted by atomic mass is 10.2. The fourth-order valence-corrected chi connectivity index (χ4v) is 2.19. The fourth-order valence-electron chi connectivity index (χ4n) is 1.98. The standard InChI is InChI=1S/C17H19ClO3/c1-3-20-16-6-4-5-14(11-18)17(16)21-12-13-7-9-15(19-2)10-8-13/h4-10H,3,11-12H2,1-2H3. The monoisotopic (exact) mass is 306 g/mol. The first-order chi connectivity index (χ1) is 10.3. The van der Waals surface area contributed by atoms with Crippen molar-refractivity contribution in [1.29, 1.82) is 0 Å². The maximum atomic E-state index is 5.97. The lowest BCUT2D eigenvalue weighted by Gasteiger charge is -2.15. The number of alkyl halides is 1. The number of rotatable bonds is 7. The summed E-state index contributed by atoms with van der Waals surface area (Å²) in [6, 6.07) is 13.5. The molecule has 0 saturated heterocycles. The average Bonchev–Trinajstić information content (AvgIpc) is 2.54. The van der Waals surface area contributed by atoms with Crippen LogP contribution in [0.5, 0.6) is 17.2 Å². The summed E-state index contributed by atoms with van der Waals surface area (Å²) < 4.78 is 16.7. The van der Waals surface area contributed by atoms with Gasteiger partial charge >= 0.3 is 0 Å². The summed E-state index contributed by atoms with van der Waals surface area (Å²) in [5, 5.41) is 0. The van der Waals surface area contributed by atoms with Gasteiger partial charge in [0.25, 0.3) is 0 Å². The molecule has 0 saturated carbocycles. The SMILES string of the molecule is CCOc1cccc(CCl)c1OCc1ccc(OC)cc1. The molecule has 4 heteroatoms. The molecule has 0 atom stereocenters. The van der Waals surface area contributed by atoms with E-state index in [4.69, 9.17) is 25.8 Å². The second-order valence-electron chi connectivity index (χ2n) is 4.45. The summed E-state index contributed by atoms with van der Waals surface area (Å²) in [4.78, 5) is 0. The van der Waals surface area contributed by atoms with Crippen molar-refractivity contribution in [2.45, 2.75) is 19.4 Å². The smallest absolute Gasteiger partial charge is 0.166 e. The molecule has 112 valence electrons. The zero-order chi connectivity index (χ0) is 15.1. The van der Waals surface area contributed by atoms with Gasteiger partial charge in [-0.25, -0.2) is 0 Å². The topological polar surface area (TPSA) is 27.7 Å². The van der Waals surface area contributed by atoms with Crippen LogP contribution in [0, 0.1) is 0 Å². The molecule has 0 heterocycles. The van der Waals surface area contributed by atoms with E-state index in [0.29, 0.717) is 24.8 Å². The van der Waals surface area contributed by atoms with Crippen molar-refractivity contribution in [2.75, 3.05) is 13.7 Å². The summed E-state index contributed by atoms with van der Waals surface area (Å²) in [5.41, 5.74) is 1.98. The van der Waals surface area contributed by atoms with E-state index >= 15 is 0 Å². The third-order valence-corrected chi connectivity index (χ3v) is 3.33. The maximum Gasteiger partial charge on any atom is 0.166 e. The highest BCUT2D eigenvalue weighted by molar-refractivity contribution is 6.17. The van der Waals surface area contributed by atoms with Crippen LogP contribution in [0.25, 0.3) is 0 Å². The zero-order valence-corrected chi connectivity index (χ0v) is 13.0. The Morgan fingerprint density at radius 1 is 1.00 bits per heavy atom. The number of halogens is 1. The van der Waals surface area contributed by atoms with Gasteiger partial charge in [-0.3, -0.25) is 0 Å². The van der Waals surface area contributed by atoms with Gasteiger partial charge in [-0.1, -0.05) is 24.3 Å². The largest absolute Gasteiger partial charge is 0.497 e. The molecule has 2 aromatic carbocycles. The molecule has 2 rings (SSSR count). The Balaban J connectivity index is 2.13. The van der Waals surface area contributed by atoms with Gasteiger partial charge in [-0.05, 0) is 30.7 Å². The highest BCUT2D eigenvalue weighted by atomic mass is 35.5. The number of ether oxygens (including phenoxy) is 3. The number of hydrogen-bond acceptors (Lipinski definition) is 3. The van der Waals surface area contributed by atoms with Crippen LogP contribution in [0.3, 0.4) is 0 Å². The Morgan fingerprint density at radius 2 is 1.76 bits per heavy atom. The molecule has 3 nitrogen and oxygen atoms in total.